The van der Waals surface area contributed by atoms with Crippen molar-refractivity contribution in [1.29, 1.82) is 0 Å². The summed E-state index contributed by atoms with van der Waals surface area (Å²) in [4.78, 5) is 21.9. The van der Waals surface area contributed by atoms with Gasteiger partial charge in [-0.3, -0.25) is 9.59 Å². The summed E-state index contributed by atoms with van der Waals surface area (Å²) in [5.74, 6) is -0.815. The minimum absolute atomic E-state index is 0.0166. The number of carbonyl (C=O) groups excluding carboxylic acids is 1. The monoisotopic (exact) mass is 297 g/mol. The first kappa shape index (κ1) is 16.5. The number of amides is 1. The first-order chi connectivity index (χ1) is 9.49. The number of hydrogen-bond donors (Lipinski definition) is 2. The molecule has 0 saturated carbocycles. The van der Waals surface area contributed by atoms with Gasteiger partial charge in [-0.05, 0) is 43.4 Å². The van der Waals surface area contributed by atoms with E-state index in [1.807, 2.05) is 25.1 Å². The van der Waals surface area contributed by atoms with Crippen molar-refractivity contribution in [2.75, 3.05) is 6.54 Å². The maximum atomic E-state index is 11.6. The summed E-state index contributed by atoms with van der Waals surface area (Å²) in [6.07, 6.45) is 2.49. The number of carbonyl (C=O) groups is 2. The Morgan fingerprint density at radius 1 is 1.25 bits per heavy atom. The molecule has 1 aromatic rings. The van der Waals surface area contributed by atoms with Crippen LogP contribution < -0.4 is 5.32 Å². The Morgan fingerprint density at radius 3 is 2.65 bits per heavy atom. The lowest BCUT2D eigenvalue weighted by Gasteiger charge is -2.06. The topological polar surface area (TPSA) is 66.4 Å². The minimum atomic E-state index is -0.799. The van der Waals surface area contributed by atoms with E-state index in [0.29, 0.717) is 32.2 Å². The van der Waals surface area contributed by atoms with Crippen LogP contribution in [-0.2, 0) is 16.0 Å². The second-order valence-electron chi connectivity index (χ2n) is 4.78. The molecule has 1 rings (SSSR count). The van der Waals surface area contributed by atoms with Crippen LogP contribution in [0.4, 0.5) is 0 Å². The van der Waals surface area contributed by atoms with Crippen LogP contribution in [0, 0.1) is 6.92 Å². The lowest BCUT2D eigenvalue weighted by Crippen LogP contribution is -2.24. The van der Waals surface area contributed by atoms with Crippen LogP contribution in [0.5, 0.6) is 0 Å². The first-order valence-electron chi connectivity index (χ1n) is 6.72. The number of aryl methyl sites for hydroxylation is 2. The van der Waals surface area contributed by atoms with Crippen LogP contribution in [0.25, 0.3) is 0 Å². The zero-order chi connectivity index (χ0) is 15.0. The third-order valence-corrected chi connectivity index (χ3v) is 3.42. The van der Waals surface area contributed by atoms with E-state index in [2.05, 4.69) is 5.32 Å². The van der Waals surface area contributed by atoms with Gasteiger partial charge in [0, 0.05) is 24.4 Å². The zero-order valence-electron chi connectivity index (χ0n) is 11.6. The number of halogens is 1. The second-order valence-corrected chi connectivity index (χ2v) is 5.19. The average molecular weight is 298 g/mol. The predicted octanol–water partition coefficient (Wildman–Crippen LogP) is 2.95. The van der Waals surface area contributed by atoms with Crippen molar-refractivity contribution < 1.29 is 14.7 Å². The normalized spacial score (nSPS) is 10.3. The maximum Gasteiger partial charge on any atom is 0.303 e. The first-order valence-corrected chi connectivity index (χ1v) is 7.10. The van der Waals surface area contributed by atoms with E-state index in [-0.39, 0.29) is 12.3 Å². The Morgan fingerprint density at radius 2 is 2.00 bits per heavy atom. The van der Waals surface area contributed by atoms with Crippen molar-refractivity contribution in [2.45, 2.75) is 39.0 Å². The molecule has 4 nitrogen and oxygen atoms in total. The Bertz CT molecular complexity index is 474. The lowest BCUT2D eigenvalue weighted by atomic mass is 10.1. The number of rotatable bonds is 8. The zero-order valence-corrected chi connectivity index (χ0v) is 12.4. The lowest BCUT2D eigenvalue weighted by molar-refractivity contribution is -0.137. The van der Waals surface area contributed by atoms with Crippen molar-refractivity contribution in [1.82, 2.24) is 5.32 Å². The molecule has 0 aliphatic rings. The maximum absolute atomic E-state index is 11.6. The molecule has 0 spiro atoms. The Labute approximate surface area is 124 Å². The van der Waals surface area contributed by atoms with Gasteiger partial charge in [-0.2, -0.15) is 0 Å². The van der Waals surface area contributed by atoms with Crippen molar-refractivity contribution in [3.63, 3.8) is 0 Å². The molecular formula is C15H20ClNO3. The van der Waals surface area contributed by atoms with E-state index in [0.717, 1.165) is 16.1 Å². The van der Waals surface area contributed by atoms with Crippen molar-refractivity contribution >= 4 is 23.5 Å². The van der Waals surface area contributed by atoms with E-state index in [4.69, 9.17) is 16.7 Å². The highest BCUT2D eigenvalue weighted by Crippen LogP contribution is 2.17. The average Bonchev–Trinajstić information content (AvgIpc) is 2.39. The molecule has 2 N–H and O–H groups in total. The molecule has 5 heteroatoms. The third kappa shape index (κ3) is 6.57. The number of nitrogens with one attached hydrogen (secondary N) is 1. The molecule has 0 bridgehead atoms. The van der Waals surface area contributed by atoms with Gasteiger partial charge in [-0.25, -0.2) is 0 Å². The molecule has 0 aliphatic carbocycles. The number of hydrogen-bond acceptors (Lipinski definition) is 2. The molecule has 0 radical (unpaired) electrons. The minimum Gasteiger partial charge on any atom is -0.481 e. The van der Waals surface area contributed by atoms with Crippen LogP contribution in [0.3, 0.4) is 0 Å². The van der Waals surface area contributed by atoms with Gasteiger partial charge in [0.15, 0.2) is 0 Å². The summed E-state index contributed by atoms with van der Waals surface area (Å²) in [6, 6.07) is 5.81. The highest BCUT2D eigenvalue weighted by atomic mass is 35.5. The SMILES string of the molecule is Cc1ccc(CCC(=O)NCCCCC(=O)O)cc1Cl. The van der Waals surface area contributed by atoms with Gasteiger partial charge in [0.25, 0.3) is 0 Å². The molecule has 0 saturated heterocycles. The summed E-state index contributed by atoms with van der Waals surface area (Å²) < 4.78 is 0. The highest BCUT2D eigenvalue weighted by molar-refractivity contribution is 6.31. The molecule has 20 heavy (non-hydrogen) atoms. The van der Waals surface area contributed by atoms with Gasteiger partial charge in [-0.15, -0.1) is 0 Å². The number of unbranched alkanes of at least 4 members (excludes halogenated alkanes) is 1. The highest BCUT2D eigenvalue weighted by Gasteiger charge is 2.04. The number of carboxylic acids is 1. The molecule has 0 aliphatic heterocycles. The molecule has 0 unspecified atom stereocenters. The predicted molar refractivity (Wildman–Crippen MR) is 79.0 cm³/mol. The summed E-state index contributed by atoms with van der Waals surface area (Å²) in [6.45, 7) is 2.47. The Balaban J connectivity index is 2.19. The van der Waals surface area contributed by atoms with Gasteiger partial charge in [-0.1, -0.05) is 23.7 Å². The molecule has 110 valence electrons. The fourth-order valence-corrected chi connectivity index (χ4v) is 1.97. The standard InChI is InChI=1S/C15H20ClNO3/c1-11-5-6-12(10-13(11)16)7-8-14(18)17-9-3-2-4-15(19)20/h5-6,10H,2-4,7-9H2,1H3,(H,17,18)(H,19,20). The van der Waals surface area contributed by atoms with E-state index in [1.165, 1.54) is 0 Å². The fourth-order valence-electron chi connectivity index (χ4n) is 1.77. The molecule has 1 aromatic carbocycles. The van der Waals surface area contributed by atoms with Gasteiger partial charge in [0.05, 0.1) is 0 Å². The molecule has 0 fully saturated rings. The number of aliphatic carboxylic acids is 1. The fraction of sp³-hybridized carbons (Fsp3) is 0.467. The van der Waals surface area contributed by atoms with E-state index >= 15 is 0 Å². The van der Waals surface area contributed by atoms with Crippen LogP contribution in [0.15, 0.2) is 18.2 Å². The molecule has 0 heterocycles. The molecular weight excluding hydrogens is 278 g/mol. The van der Waals surface area contributed by atoms with Gasteiger partial charge < -0.3 is 10.4 Å². The summed E-state index contributed by atoms with van der Waals surface area (Å²) in [7, 11) is 0. The summed E-state index contributed by atoms with van der Waals surface area (Å²) >= 11 is 6.02. The van der Waals surface area contributed by atoms with Gasteiger partial charge in [0.2, 0.25) is 5.91 Å². The van der Waals surface area contributed by atoms with Crippen molar-refractivity contribution in [3.8, 4) is 0 Å². The van der Waals surface area contributed by atoms with E-state index in [9.17, 15) is 9.59 Å². The molecule has 0 atom stereocenters. The second kappa shape index (κ2) is 8.59. The van der Waals surface area contributed by atoms with Crippen molar-refractivity contribution in [2.24, 2.45) is 0 Å². The van der Waals surface area contributed by atoms with Gasteiger partial charge >= 0.3 is 5.97 Å². The Hall–Kier alpha value is -1.55. The summed E-state index contributed by atoms with van der Waals surface area (Å²) in [5, 5.41) is 12.0. The molecule has 1 amide bonds. The van der Waals surface area contributed by atoms with Crippen LogP contribution in [-0.4, -0.2) is 23.5 Å². The quantitative estimate of drug-likeness (QED) is 0.725. The largest absolute Gasteiger partial charge is 0.481 e. The summed E-state index contributed by atoms with van der Waals surface area (Å²) in [5.41, 5.74) is 2.07. The molecule has 0 aromatic heterocycles. The number of carboxylic acid groups (broad SMARTS) is 1. The number of benzene rings is 1. The smallest absolute Gasteiger partial charge is 0.303 e. The Kier molecular flexibility index (Phi) is 7.09. The third-order valence-electron chi connectivity index (χ3n) is 3.02. The van der Waals surface area contributed by atoms with E-state index < -0.39 is 5.97 Å². The van der Waals surface area contributed by atoms with Crippen LogP contribution >= 0.6 is 11.6 Å². The van der Waals surface area contributed by atoms with Gasteiger partial charge in [0.1, 0.15) is 0 Å². The van der Waals surface area contributed by atoms with Crippen molar-refractivity contribution in [3.05, 3.63) is 34.3 Å². The van der Waals surface area contributed by atoms with E-state index in [1.54, 1.807) is 0 Å². The van der Waals surface area contributed by atoms with Crippen LogP contribution in [0.1, 0.15) is 36.8 Å². The van der Waals surface area contributed by atoms with Crippen LogP contribution in [0.2, 0.25) is 5.02 Å².